The van der Waals surface area contributed by atoms with Crippen molar-refractivity contribution in [1.29, 1.82) is 0 Å². The van der Waals surface area contributed by atoms with Gasteiger partial charge in [0.15, 0.2) is 8.32 Å². The van der Waals surface area contributed by atoms with Gasteiger partial charge in [0.1, 0.15) is 0 Å². The minimum absolute atomic E-state index is 0.0620. The third-order valence-electron chi connectivity index (χ3n) is 7.58. The van der Waals surface area contributed by atoms with Crippen molar-refractivity contribution in [3.05, 3.63) is 77.4 Å². The number of hydrogen-bond donors (Lipinski definition) is 1. The Morgan fingerprint density at radius 1 is 1.00 bits per heavy atom. The van der Waals surface area contributed by atoms with Gasteiger partial charge in [0.2, 0.25) is 5.91 Å². The van der Waals surface area contributed by atoms with Crippen LogP contribution in [-0.2, 0) is 31.8 Å². The van der Waals surface area contributed by atoms with Gasteiger partial charge in [-0.3, -0.25) is 9.59 Å². The SMILES string of the molecule is COC(=O)CCCc1ccc(CO[Si](C)(C)C(C)(C)C)cc1NC(=O)C(C)c1cccc2ccccc12. The fourth-order valence-corrected chi connectivity index (χ4v) is 5.02. The Morgan fingerprint density at radius 2 is 1.70 bits per heavy atom. The summed E-state index contributed by atoms with van der Waals surface area (Å²) in [5, 5.41) is 5.51. The first-order chi connectivity index (χ1) is 17.4. The largest absolute Gasteiger partial charge is 0.469 e. The van der Waals surface area contributed by atoms with E-state index in [4.69, 9.17) is 9.16 Å². The van der Waals surface area contributed by atoms with Crippen LogP contribution in [0.25, 0.3) is 10.8 Å². The van der Waals surface area contributed by atoms with Gasteiger partial charge in [-0.25, -0.2) is 0 Å². The number of benzene rings is 3. The zero-order valence-corrected chi connectivity index (χ0v) is 24.3. The molecule has 6 heteroatoms. The first kappa shape index (κ1) is 28.6. The molecule has 0 aliphatic heterocycles. The molecule has 1 amide bonds. The Kier molecular flexibility index (Phi) is 9.32. The van der Waals surface area contributed by atoms with E-state index < -0.39 is 8.32 Å². The topological polar surface area (TPSA) is 64.6 Å². The predicted octanol–water partition coefficient (Wildman–Crippen LogP) is 7.60. The summed E-state index contributed by atoms with van der Waals surface area (Å²) < 4.78 is 11.2. The quantitative estimate of drug-likeness (QED) is 0.221. The molecule has 3 rings (SSSR count). The molecule has 1 N–H and O–H groups in total. The molecule has 37 heavy (non-hydrogen) atoms. The van der Waals surface area contributed by atoms with Gasteiger partial charge in [-0.2, -0.15) is 0 Å². The Hall–Kier alpha value is -2.96. The number of ether oxygens (including phenoxy) is 1. The van der Waals surface area contributed by atoms with Crippen molar-refractivity contribution in [2.45, 2.75) is 77.6 Å². The van der Waals surface area contributed by atoms with Gasteiger partial charge >= 0.3 is 5.97 Å². The van der Waals surface area contributed by atoms with E-state index in [1.807, 2.05) is 43.3 Å². The minimum Gasteiger partial charge on any atom is -0.469 e. The zero-order chi connectivity index (χ0) is 27.2. The van der Waals surface area contributed by atoms with Crippen molar-refractivity contribution in [3.8, 4) is 0 Å². The van der Waals surface area contributed by atoms with E-state index in [0.29, 0.717) is 25.9 Å². The summed E-state index contributed by atoms with van der Waals surface area (Å²) >= 11 is 0. The van der Waals surface area contributed by atoms with E-state index >= 15 is 0 Å². The Bertz CT molecular complexity index is 1240. The molecule has 0 spiro atoms. The van der Waals surface area contributed by atoms with E-state index in [1.165, 1.54) is 7.11 Å². The minimum atomic E-state index is -1.92. The maximum atomic E-state index is 13.5. The number of anilines is 1. The fourth-order valence-electron chi connectivity index (χ4n) is 4.06. The summed E-state index contributed by atoms with van der Waals surface area (Å²) in [6.07, 6.45) is 1.65. The Morgan fingerprint density at radius 3 is 2.41 bits per heavy atom. The van der Waals surface area contributed by atoms with Gasteiger partial charge in [-0.1, -0.05) is 75.4 Å². The molecule has 3 aromatic rings. The molecule has 0 bridgehead atoms. The lowest BCUT2D eigenvalue weighted by molar-refractivity contribution is -0.140. The van der Waals surface area contributed by atoms with Crippen LogP contribution in [0.1, 0.15) is 63.1 Å². The van der Waals surface area contributed by atoms with Crippen LogP contribution in [0, 0.1) is 0 Å². The summed E-state index contributed by atoms with van der Waals surface area (Å²) in [5.74, 6) is -0.622. The summed E-state index contributed by atoms with van der Waals surface area (Å²) in [6.45, 7) is 13.6. The monoisotopic (exact) mass is 519 g/mol. The van der Waals surface area contributed by atoms with Gasteiger partial charge in [-0.15, -0.1) is 0 Å². The van der Waals surface area contributed by atoms with Crippen molar-refractivity contribution in [2.24, 2.45) is 0 Å². The van der Waals surface area contributed by atoms with E-state index in [-0.39, 0.29) is 22.8 Å². The molecule has 0 aliphatic rings. The first-order valence-corrected chi connectivity index (χ1v) is 15.9. The predicted molar refractivity (Wildman–Crippen MR) is 154 cm³/mol. The smallest absolute Gasteiger partial charge is 0.305 e. The third-order valence-corrected chi connectivity index (χ3v) is 12.1. The van der Waals surface area contributed by atoms with Crippen molar-refractivity contribution >= 4 is 36.7 Å². The highest BCUT2D eigenvalue weighted by Gasteiger charge is 2.37. The van der Waals surface area contributed by atoms with Gasteiger partial charge < -0.3 is 14.5 Å². The maximum Gasteiger partial charge on any atom is 0.305 e. The van der Waals surface area contributed by atoms with Gasteiger partial charge in [0, 0.05) is 12.1 Å². The molecule has 1 unspecified atom stereocenters. The molecule has 5 nitrogen and oxygen atoms in total. The van der Waals surface area contributed by atoms with Crippen LogP contribution < -0.4 is 5.32 Å². The van der Waals surface area contributed by atoms with Crippen LogP contribution in [-0.4, -0.2) is 27.3 Å². The van der Waals surface area contributed by atoms with E-state index in [1.54, 1.807) is 0 Å². The van der Waals surface area contributed by atoms with Gasteiger partial charge in [0.05, 0.1) is 19.6 Å². The highest BCUT2D eigenvalue weighted by Crippen LogP contribution is 2.37. The number of nitrogens with one attached hydrogen (secondary N) is 1. The number of esters is 1. The lowest BCUT2D eigenvalue weighted by atomic mass is 9.94. The van der Waals surface area contributed by atoms with Crippen molar-refractivity contribution in [2.75, 3.05) is 12.4 Å². The second-order valence-corrected chi connectivity index (χ2v) is 16.1. The van der Waals surface area contributed by atoms with Crippen molar-refractivity contribution < 1.29 is 18.8 Å². The van der Waals surface area contributed by atoms with Crippen LogP contribution in [0.15, 0.2) is 60.7 Å². The average Bonchev–Trinajstić information content (AvgIpc) is 2.86. The summed E-state index contributed by atoms with van der Waals surface area (Å²) in [6, 6.07) is 20.3. The van der Waals surface area contributed by atoms with Gasteiger partial charge in [0.25, 0.3) is 0 Å². The molecule has 198 valence electrons. The second-order valence-electron chi connectivity index (χ2n) is 11.2. The molecule has 0 fully saturated rings. The average molecular weight is 520 g/mol. The summed E-state index contributed by atoms with van der Waals surface area (Å²) in [5.41, 5.74) is 3.80. The van der Waals surface area contributed by atoms with E-state index in [9.17, 15) is 9.59 Å². The normalized spacial score (nSPS) is 12.8. The van der Waals surface area contributed by atoms with Crippen LogP contribution in [0.2, 0.25) is 18.1 Å². The Labute approximate surface area is 222 Å². The van der Waals surface area contributed by atoms with Crippen LogP contribution >= 0.6 is 0 Å². The van der Waals surface area contributed by atoms with E-state index in [0.717, 1.165) is 33.2 Å². The van der Waals surface area contributed by atoms with Crippen LogP contribution in [0.5, 0.6) is 0 Å². The maximum absolute atomic E-state index is 13.5. The first-order valence-electron chi connectivity index (χ1n) is 13.0. The summed E-state index contributed by atoms with van der Waals surface area (Å²) in [4.78, 5) is 25.1. The molecule has 0 heterocycles. The second kappa shape index (κ2) is 12.1. The molecule has 0 radical (unpaired) electrons. The molecule has 0 aliphatic carbocycles. The molecule has 1 atom stereocenters. The molecular formula is C31H41NO4Si. The Balaban J connectivity index is 1.84. The number of hydrogen-bond acceptors (Lipinski definition) is 4. The number of fused-ring (bicyclic) bond motifs is 1. The van der Waals surface area contributed by atoms with E-state index in [2.05, 4.69) is 63.4 Å². The molecule has 0 aromatic heterocycles. The van der Waals surface area contributed by atoms with Gasteiger partial charge in [-0.05, 0) is 71.4 Å². The summed E-state index contributed by atoms with van der Waals surface area (Å²) in [7, 11) is -0.513. The van der Waals surface area contributed by atoms with Crippen molar-refractivity contribution in [1.82, 2.24) is 0 Å². The third kappa shape index (κ3) is 7.30. The van der Waals surface area contributed by atoms with Crippen LogP contribution in [0.4, 0.5) is 5.69 Å². The molecule has 0 saturated heterocycles. The highest BCUT2D eigenvalue weighted by atomic mass is 28.4. The highest BCUT2D eigenvalue weighted by molar-refractivity contribution is 6.74. The lowest BCUT2D eigenvalue weighted by Gasteiger charge is -2.36. The number of rotatable bonds is 10. The fraction of sp³-hybridized carbons (Fsp3) is 0.419. The number of carbonyl (C=O) groups excluding carboxylic acids is 2. The molecule has 3 aromatic carbocycles. The number of amides is 1. The molecular weight excluding hydrogens is 478 g/mol. The van der Waals surface area contributed by atoms with Crippen LogP contribution in [0.3, 0.4) is 0 Å². The molecule has 0 saturated carbocycles. The number of aryl methyl sites for hydroxylation is 1. The van der Waals surface area contributed by atoms with Crippen molar-refractivity contribution in [3.63, 3.8) is 0 Å². The number of carbonyl (C=O) groups is 2. The number of methoxy groups -OCH3 is 1. The zero-order valence-electron chi connectivity index (χ0n) is 23.3. The standard InChI is InChI=1S/C31H41NO4Si/c1-22(26-16-10-13-24-12-8-9-15-27(24)26)30(34)32-28-20-23(21-36-37(6,7)31(2,3)4)18-19-25(28)14-11-17-29(33)35-5/h8-10,12-13,15-16,18-20,22H,11,14,17,21H2,1-7H3,(H,32,34). The lowest BCUT2D eigenvalue weighted by Crippen LogP contribution is -2.40.